The molecule has 9 atom stereocenters. The molecule has 0 heterocycles. The quantitative estimate of drug-likeness (QED) is 0.244. The van der Waals surface area contributed by atoms with Gasteiger partial charge in [-0.25, -0.2) is 0 Å². The summed E-state index contributed by atoms with van der Waals surface area (Å²) in [6.45, 7) is 13.1. The number of hydrogen-bond acceptors (Lipinski definition) is 7. The SMILES string of the molecule is C=C[C@]1(C)C[C@@H](OC(=O)CSc2cccc(CNC(=O)CN)c2)[C@]2(C)C(C)CC34CC(CCC3=O)(C42)[C@@H](C)[C@@H]1O. The van der Waals surface area contributed by atoms with Crippen molar-refractivity contribution in [2.75, 3.05) is 12.3 Å². The third kappa shape index (κ3) is 4.28. The molecule has 7 nitrogen and oxygen atoms in total. The Balaban J connectivity index is 1.38. The van der Waals surface area contributed by atoms with Crippen LogP contribution in [0.2, 0.25) is 0 Å². The molecule has 4 saturated carbocycles. The van der Waals surface area contributed by atoms with Crippen molar-refractivity contribution in [3.8, 4) is 0 Å². The van der Waals surface area contributed by atoms with Gasteiger partial charge in [0.15, 0.2) is 0 Å². The smallest absolute Gasteiger partial charge is 0.316 e. The fourth-order valence-corrected chi connectivity index (χ4v) is 10.1. The van der Waals surface area contributed by atoms with E-state index in [9.17, 15) is 19.5 Å². The number of nitrogens with two attached hydrogens (primary N) is 1. The van der Waals surface area contributed by atoms with Crippen LogP contribution in [0.4, 0.5) is 0 Å². The summed E-state index contributed by atoms with van der Waals surface area (Å²) < 4.78 is 6.40. The van der Waals surface area contributed by atoms with Crippen molar-refractivity contribution in [1.82, 2.24) is 5.32 Å². The minimum atomic E-state index is -0.630. The molecule has 218 valence electrons. The van der Waals surface area contributed by atoms with Crippen LogP contribution in [0.3, 0.4) is 0 Å². The number of ketones is 1. The van der Waals surface area contributed by atoms with Crippen LogP contribution in [0.5, 0.6) is 0 Å². The predicted octanol–water partition coefficient (Wildman–Crippen LogP) is 4.26. The second kappa shape index (κ2) is 10.3. The molecule has 4 fully saturated rings. The first-order chi connectivity index (χ1) is 18.9. The highest BCUT2D eigenvalue weighted by Gasteiger charge is 2.81. The largest absolute Gasteiger partial charge is 0.461 e. The topological polar surface area (TPSA) is 119 Å². The summed E-state index contributed by atoms with van der Waals surface area (Å²) in [7, 11) is 0. The van der Waals surface area contributed by atoms with Gasteiger partial charge in [-0.3, -0.25) is 14.4 Å². The third-order valence-electron chi connectivity index (χ3n) is 11.5. The molecule has 0 saturated heterocycles. The maximum Gasteiger partial charge on any atom is 0.316 e. The van der Waals surface area contributed by atoms with E-state index in [1.54, 1.807) is 0 Å². The minimum absolute atomic E-state index is 0.0282. The van der Waals surface area contributed by atoms with Crippen molar-refractivity contribution < 1.29 is 24.2 Å². The standard InChI is InChI=1S/C32H44N2O5S/c1-6-29(4)14-24(39-26(37)17-40-22-9-7-8-21(12-22)16-34-25(36)15-33)30(5)19(2)13-32-18-31(28(30)32,11-10-23(32)35)20(3)27(29)38/h6-9,12,19-20,24,27-28,38H,1,10-11,13-18,33H2,2-5H3,(H,34,36)/t19?,20-,24+,27-,28?,29+,30-,31?,32?/m0/s1. The highest BCUT2D eigenvalue weighted by atomic mass is 32.2. The Hall–Kier alpha value is -2.16. The maximum atomic E-state index is 13.4. The molecule has 4 unspecified atom stereocenters. The molecule has 1 aromatic rings. The molecule has 2 bridgehead atoms. The van der Waals surface area contributed by atoms with Gasteiger partial charge in [-0.2, -0.15) is 0 Å². The van der Waals surface area contributed by atoms with Crippen LogP contribution in [-0.2, 0) is 25.7 Å². The van der Waals surface area contributed by atoms with Gasteiger partial charge in [0, 0.05) is 34.1 Å². The van der Waals surface area contributed by atoms with Crippen LogP contribution in [0, 0.1) is 39.4 Å². The van der Waals surface area contributed by atoms with Gasteiger partial charge in [0.25, 0.3) is 0 Å². The molecule has 0 aliphatic heterocycles. The first-order valence-corrected chi connectivity index (χ1v) is 15.6. The molecule has 40 heavy (non-hydrogen) atoms. The molecule has 0 aromatic heterocycles. The molecule has 1 amide bonds. The fourth-order valence-electron chi connectivity index (χ4n) is 9.37. The van der Waals surface area contributed by atoms with E-state index in [1.165, 1.54) is 11.8 Å². The highest BCUT2D eigenvalue weighted by Crippen LogP contribution is 2.82. The molecule has 1 aromatic carbocycles. The number of amides is 1. The zero-order valence-corrected chi connectivity index (χ0v) is 25.0. The van der Waals surface area contributed by atoms with E-state index in [0.717, 1.165) is 29.7 Å². The van der Waals surface area contributed by atoms with E-state index >= 15 is 0 Å². The highest BCUT2D eigenvalue weighted by molar-refractivity contribution is 8.00. The molecule has 4 N–H and O–H groups in total. The lowest BCUT2D eigenvalue weighted by molar-refractivity contribution is -0.257. The number of carbonyl (C=O) groups excluding carboxylic acids is 3. The van der Waals surface area contributed by atoms with Crippen molar-refractivity contribution in [1.29, 1.82) is 0 Å². The first kappa shape index (κ1) is 29.3. The molecular weight excluding hydrogens is 524 g/mol. The third-order valence-corrected chi connectivity index (χ3v) is 12.5. The first-order valence-electron chi connectivity index (χ1n) is 14.6. The minimum Gasteiger partial charge on any atom is -0.461 e. The average molecular weight is 569 g/mol. The van der Waals surface area contributed by atoms with Crippen molar-refractivity contribution >= 4 is 29.4 Å². The summed E-state index contributed by atoms with van der Waals surface area (Å²) in [5.41, 5.74) is 4.84. The number of rotatable bonds is 8. The average Bonchev–Trinajstić information content (AvgIpc) is 3.13. The Morgan fingerprint density at radius 3 is 2.73 bits per heavy atom. The Labute approximate surface area is 242 Å². The van der Waals surface area contributed by atoms with Gasteiger partial charge >= 0.3 is 5.97 Å². The summed E-state index contributed by atoms with van der Waals surface area (Å²) in [5.74, 6) is 0.334. The van der Waals surface area contributed by atoms with Gasteiger partial charge in [-0.15, -0.1) is 18.3 Å². The van der Waals surface area contributed by atoms with Crippen LogP contribution in [0.25, 0.3) is 0 Å². The van der Waals surface area contributed by atoms with Gasteiger partial charge in [-0.05, 0) is 66.5 Å². The molecular formula is C32H44N2O5S. The van der Waals surface area contributed by atoms with E-state index in [1.807, 2.05) is 37.3 Å². The summed E-state index contributed by atoms with van der Waals surface area (Å²) >= 11 is 1.40. The number of nitrogens with one attached hydrogen (secondary N) is 1. The Morgan fingerprint density at radius 2 is 2.02 bits per heavy atom. The number of aliphatic hydroxyl groups is 1. The van der Waals surface area contributed by atoms with Crippen molar-refractivity contribution in [2.45, 2.75) is 83.4 Å². The Bertz CT molecular complexity index is 1220. The van der Waals surface area contributed by atoms with Crippen LogP contribution in [0.15, 0.2) is 41.8 Å². The van der Waals surface area contributed by atoms with Crippen LogP contribution in [0.1, 0.15) is 65.4 Å². The second-order valence-corrected chi connectivity index (χ2v) is 14.5. The number of ether oxygens (including phenoxy) is 1. The van der Waals surface area contributed by atoms with E-state index in [2.05, 4.69) is 32.7 Å². The number of benzene rings is 1. The molecule has 5 rings (SSSR count). The van der Waals surface area contributed by atoms with Gasteiger partial charge in [0.2, 0.25) is 5.91 Å². The van der Waals surface area contributed by atoms with Crippen LogP contribution in [-0.4, -0.2) is 47.3 Å². The van der Waals surface area contributed by atoms with E-state index in [0.29, 0.717) is 25.2 Å². The Morgan fingerprint density at radius 1 is 1.27 bits per heavy atom. The summed E-state index contributed by atoms with van der Waals surface area (Å²) in [5, 5.41) is 14.5. The lowest BCUT2D eigenvalue weighted by Gasteiger charge is -2.71. The number of hydrogen-bond donors (Lipinski definition) is 3. The normalized spacial score (nSPS) is 41.6. The zero-order chi connectivity index (χ0) is 29.1. The van der Waals surface area contributed by atoms with Gasteiger partial charge in [0.05, 0.1) is 18.4 Å². The monoisotopic (exact) mass is 568 g/mol. The van der Waals surface area contributed by atoms with Gasteiger partial charge < -0.3 is 20.9 Å². The van der Waals surface area contributed by atoms with Crippen molar-refractivity contribution in [3.05, 3.63) is 42.5 Å². The van der Waals surface area contributed by atoms with E-state index in [4.69, 9.17) is 10.5 Å². The number of aliphatic hydroxyl groups excluding tert-OH is 1. The summed E-state index contributed by atoms with van der Waals surface area (Å²) in [6, 6.07) is 7.70. The van der Waals surface area contributed by atoms with E-state index < -0.39 is 17.6 Å². The Kier molecular flexibility index (Phi) is 7.54. The summed E-state index contributed by atoms with van der Waals surface area (Å²) in [4.78, 5) is 39.3. The lowest BCUT2D eigenvalue weighted by atomic mass is 9.32. The number of thioether (sulfide) groups is 1. The van der Waals surface area contributed by atoms with Crippen molar-refractivity contribution in [3.63, 3.8) is 0 Å². The molecule has 4 aliphatic rings. The maximum absolute atomic E-state index is 13.4. The molecule has 2 spiro atoms. The van der Waals surface area contributed by atoms with Crippen LogP contribution >= 0.6 is 11.8 Å². The lowest BCUT2D eigenvalue weighted by Crippen LogP contribution is -2.71. The number of esters is 1. The van der Waals surface area contributed by atoms with Crippen LogP contribution < -0.4 is 11.1 Å². The second-order valence-electron chi connectivity index (χ2n) is 13.4. The molecule has 8 heteroatoms. The molecule has 0 radical (unpaired) electrons. The fraction of sp³-hybridized carbons (Fsp3) is 0.656. The number of carbonyl (C=O) groups is 3. The van der Waals surface area contributed by atoms with Gasteiger partial charge in [0.1, 0.15) is 11.9 Å². The summed E-state index contributed by atoms with van der Waals surface area (Å²) in [6.07, 6.45) is 4.31. The zero-order valence-electron chi connectivity index (χ0n) is 24.2. The molecule has 4 aliphatic carbocycles. The predicted molar refractivity (Wildman–Crippen MR) is 155 cm³/mol. The number of Topliss-reactive ketones (excluding diaryl/α,β-unsaturated/α-hetero) is 1. The van der Waals surface area contributed by atoms with Gasteiger partial charge in [-0.1, -0.05) is 45.9 Å². The van der Waals surface area contributed by atoms with E-state index in [-0.39, 0.29) is 58.2 Å². The van der Waals surface area contributed by atoms with Crippen molar-refractivity contribution in [2.24, 2.45) is 45.1 Å².